The molecule has 1 aromatic rings. The molecule has 0 atom stereocenters. The zero-order valence-electron chi connectivity index (χ0n) is 17.7. The van der Waals surface area contributed by atoms with Crippen LogP contribution in [0.2, 0.25) is 0 Å². The standard InChI is InChI=1S/C22H34N4O2/c1-22(2,26-14-11-17-7-5-6-8-19(17)15-26)16-24-21(23-3)25-12-9-18(10-13-25)20(27)28-4/h5-8,18H,9-16H2,1-4H3,(H,23,24). The molecule has 0 saturated carbocycles. The number of ether oxygens (including phenoxy) is 1. The maximum atomic E-state index is 11.7. The van der Waals surface area contributed by atoms with Crippen LogP contribution in [0.15, 0.2) is 29.3 Å². The summed E-state index contributed by atoms with van der Waals surface area (Å²) in [5.74, 6) is 0.854. The van der Waals surface area contributed by atoms with Crippen LogP contribution in [0.5, 0.6) is 0 Å². The number of methoxy groups -OCH3 is 1. The van der Waals surface area contributed by atoms with Crippen molar-refractivity contribution >= 4 is 11.9 Å². The number of carbonyl (C=O) groups excluding carboxylic acids is 1. The molecule has 2 aliphatic rings. The maximum absolute atomic E-state index is 11.7. The van der Waals surface area contributed by atoms with Gasteiger partial charge in [0.05, 0.1) is 13.0 Å². The molecular formula is C22H34N4O2. The number of hydrogen-bond acceptors (Lipinski definition) is 4. The van der Waals surface area contributed by atoms with Gasteiger partial charge in [0, 0.05) is 45.3 Å². The third-order valence-corrected chi connectivity index (χ3v) is 6.21. The van der Waals surface area contributed by atoms with Crippen molar-refractivity contribution in [2.24, 2.45) is 10.9 Å². The van der Waals surface area contributed by atoms with Crippen LogP contribution in [0.3, 0.4) is 0 Å². The van der Waals surface area contributed by atoms with Crippen LogP contribution in [0, 0.1) is 5.92 Å². The Labute approximate surface area is 168 Å². The second-order valence-corrected chi connectivity index (χ2v) is 8.44. The molecule has 0 bridgehead atoms. The zero-order chi connectivity index (χ0) is 20.1. The first-order valence-electron chi connectivity index (χ1n) is 10.3. The summed E-state index contributed by atoms with van der Waals surface area (Å²) in [4.78, 5) is 21.0. The summed E-state index contributed by atoms with van der Waals surface area (Å²) in [7, 11) is 3.30. The Morgan fingerprint density at radius 2 is 1.89 bits per heavy atom. The molecule has 1 aromatic carbocycles. The summed E-state index contributed by atoms with van der Waals surface area (Å²) >= 11 is 0. The quantitative estimate of drug-likeness (QED) is 0.489. The van der Waals surface area contributed by atoms with E-state index in [1.54, 1.807) is 0 Å². The van der Waals surface area contributed by atoms with E-state index in [1.807, 2.05) is 7.05 Å². The maximum Gasteiger partial charge on any atom is 0.308 e. The minimum atomic E-state index is -0.0888. The summed E-state index contributed by atoms with van der Waals surface area (Å²) in [6, 6.07) is 8.76. The second kappa shape index (κ2) is 8.95. The van der Waals surface area contributed by atoms with Crippen molar-refractivity contribution in [1.29, 1.82) is 0 Å². The van der Waals surface area contributed by atoms with E-state index in [0.29, 0.717) is 0 Å². The summed E-state index contributed by atoms with van der Waals surface area (Å²) in [6.07, 6.45) is 2.74. The molecule has 28 heavy (non-hydrogen) atoms. The Morgan fingerprint density at radius 1 is 1.21 bits per heavy atom. The minimum Gasteiger partial charge on any atom is -0.469 e. The number of esters is 1. The average Bonchev–Trinajstić information content (AvgIpc) is 2.73. The number of fused-ring (bicyclic) bond motifs is 1. The van der Waals surface area contributed by atoms with Crippen molar-refractivity contribution in [1.82, 2.24) is 15.1 Å². The van der Waals surface area contributed by atoms with Crippen molar-refractivity contribution in [3.63, 3.8) is 0 Å². The van der Waals surface area contributed by atoms with E-state index in [0.717, 1.165) is 57.9 Å². The molecule has 6 heteroatoms. The van der Waals surface area contributed by atoms with Gasteiger partial charge in [-0.1, -0.05) is 24.3 Å². The minimum absolute atomic E-state index is 0.0178. The van der Waals surface area contributed by atoms with Crippen LogP contribution >= 0.6 is 0 Å². The van der Waals surface area contributed by atoms with Gasteiger partial charge in [-0.2, -0.15) is 0 Å². The van der Waals surface area contributed by atoms with Gasteiger partial charge < -0.3 is 15.0 Å². The van der Waals surface area contributed by atoms with Gasteiger partial charge >= 0.3 is 5.97 Å². The fourth-order valence-electron chi connectivity index (χ4n) is 4.25. The van der Waals surface area contributed by atoms with Crippen molar-refractivity contribution in [2.75, 3.05) is 40.3 Å². The lowest BCUT2D eigenvalue weighted by atomic mass is 9.94. The highest BCUT2D eigenvalue weighted by molar-refractivity contribution is 5.80. The Bertz CT molecular complexity index is 708. The lowest BCUT2D eigenvalue weighted by Gasteiger charge is -2.42. The molecule has 0 amide bonds. The van der Waals surface area contributed by atoms with E-state index >= 15 is 0 Å². The van der Waals surface area contributed by atoms with Gasteiger partial charge in [-0.05, 0) is 44.2 Å². The third-order valence-electron chi connectivity index (χ3n) is 6.21. The van der Waals surface area contributed by atoms with E-state index in [-0.39, 0.29) is 17.4 Å². The highest BCUT2D eigenvalue weighted by Crippen LogP contribution is 2.25. The number of hydrogen-bond donors (Lipinski definition) is 1. The highest BCUT2D eigenvalue weighted by atomic mass is 16.5. The molecule has 1 fully saturated rings. The van der Waals surface area contributed by atoms with Gasteiger partial charge in [-0.3, -0.25) is 14.7 Å². The number of nitrogens with one attached hydrogen (secondary N) is 1. The van der Waals surface area contributed by atoms with Gasteiger partial charge in [-0.15, -0.1) is 0 Å². The number of aliphatic imine (C=N–C) groups is 1. The summed E-state index contributed by atoms with van der Waals surface area (Å²) < 4.78 is 4.89. The van der Waals surface area contributed by atoms with E-state index < -0.39 is 0 Å². The van der Waals surface area contributed by atoms with Gasteiger partial charge in [0.2, 0.25) is 0 Å². The predicted molar refractivity (Wildman–Crippen MR) is 112 cm³/mol. The van der Waals surface area contributed by atoms with E-state index in [1.165, 1.54) is 18.2 Å². The SMILES string of the molecule is CN=C(NCC(C)(C)N1CCc2ccccc2C1)N1CCC(C(=O)OC)CC1. The average molecular weight is 387 g/mol. The molecule has 2 heterocycles. The zero-order valence-corrected chi connectivity index (χ0v) is 17.7. The van der Waals surface area contributed by atoms with E-state index in [9.17, 15) is 4.79 Å². The summed E-state index contributed by atoms with van der Waals surface area (Å²) in [5, 5.41) is 3.58. The molecule has 6 nitrogen and oxygen atoms in total. The number of benzene rings is 1. The predicted octanol–water partition coefficient (Wildman–Crippen LogP) is 2.28. The Morgan fingerprint density at radius 3 is 2.54 bits per heavy atom. The van der Waals surface area contributed by atoms with Gasteiger partial charge in [-0.25, -0.2) is 0 Å². The lowest BCUT2D eigenvalue weighted by Crippen LogP contribution is -2.56. The molecule has 1 N–H and O–H groups in total. The van der Waals surface area contributed by atoms with Crippen LogP contribution in [-0.2, 0) is 22.5 Å². The third kappa shape index (κ3) is 4.66. The Balaban J connectivity index is 1.54. The fourth-order valence-corrected chi connectivity index (χ4v) is 4.25. The molecule has 1 saturated heterocycles. The number of nitrogens with zero attached hydrogens (tertiary/aromatic N) is 3. The Kier molecular flexibility index (Phi) is 6.60. The summed E-state index contributed by atoms with van der Waals surface area (Å²) in [6.45, 7) is 9.16. The number of rotatable bonds is 4. The molecule has 0 aromatic heterocycles. The first-order chi connectivity index (χ1) is 13.4. The van der Waals surface area contributed by atoms with Gasteiger partial charge in [0.25, 0.3) is 0 Å². The Hall–Kier alpha value is -2.08. The molecule has 0 spiro atoms. The number of carbonyl (C=O) groups is 1. The van der Waals surface area contributed by atoms with Crippen molar-refractivity contribution < 1.29 is 9.53 Å². The lowest BCUT2D eigenvalue weighted by molar-refractivity contribution is -0.146. The van der Waals surface area contributed by atoms with Gasteiger partial charge in [0.15, 0.2) is 5.96 Å². The molecule has 0 aliphatic carbocycles. The van der Waals surface area contributed by atoms with Crippen molar-refractivity contribution in [3.8, 4) is 0 Å². The number of guanidine groups is 1. The van der Waals surface area contributed by atoms with E-state index in [4.69, 9.17) is 4.74 Å². The largest absolute Gasteiger partial charge is 0.469 e. The van der Waals surface area contributed by atoms with Crippen LogP contribution in [-0.4, -0.2) is 67.6 Å². The fraction of sp³-hybridized carbons (Fsp3) is 0.636. The van der Waals surface area contributed by atoms with Crippen LogP contribution in [0.4, 0.5) is 0 Å². The van der Waals surface area contributed by atoms with Gasteiger partial charge in [0.1, 0.15) is 0 Å². The van der Waals surface area contributed by atoms with Crippen molar-refractivity contribution in [3.05, 3.63) is 35.4 Å². The first-order valence-corrected chi connectivity index (χ1v) is 10.3. The smallest absolute Gasteiger partial charge is 0.308 e. The normalized spacial score (nSPS) is 19.3. The second-order valence-electron chi connectivity index (χ2n) is 8.44. The van der Waals surface area contributed by atoms with Crippen LogP contribution in [0.25, 0.3) is 0 Å². The molecule has 3 rings (SSSR count). The molecule has 0 radical (unpaired) electrons. The molecule has 2 aliphatic heterocycles. The van der Waals surface area contributed by atoms with E-state index in [2.05, 4.69) is 58.2 Å². The number of piperidine rings is 1. The van der Waals surface area contributed by atoms with Crippen LogP contribution in [0.1, 0.15) is 37.8 Å². The molecule has 0 unspecified atom stereocenters. The summed E-state index contributed by atoms with van der Waals surface area (Å²) in [5.41, 5.74) is 2.94. The topological polar surface area (TPSA) is 57.2 Å². The number of likely N-dealkylation sites (tertiary alicyclic amines) is 1. The molecule has 154 valence electrons. The van der Waals surface area contributed by atoms with Crippen LogP contribution < -0.4 is 5.32 Å². The monoisotopic (exact) mass is 386 g/mol. The molecular weight excluding hydrogens is 352 g/mol. The first kappa shape index (κ1) is 20.6. The van der Waals surface area contributed by atoms with Crippen molar-refractivity contribution in [2.45, 2.75) is 45.2 Å². The highest BCUT2D eigenvalue weighted by Gasteiger charge is 2.31.